The summed E-state index contributed by atoms with van der Waals surface area (Å²) >= 11 is 0. The second kappa shape index (κ2) is 12.8. The van der Waals surface area contributed by atoms with Gasteiger partial charge in [-0.15, -0.1) is 0 Å². The Morgan fingerprint density at radius 2 is 1.02 bits per heavy atom. The molecule has 3 fully saturated rings. The monoisotopic (exact) mass is 755 g/mol. The van der Waals surface area contributed by atoms with E-state index in [0.717, 1.165) is 5.92 Å². The van der Waals surface area contributed by atoms with Gasteiger partial charge in [0.05, 0.1) is 0 Å². The van der Waals surface area contributed by atoms with Crippen LogP contribution in [0.5, 0.6) is 0 Å². The Morgan fingerprint density at radius 1 is 0.483 bits per heavy atom. The molecule has 6 aromatic rings. The summed E-state index contributed by atoms with van der Waals surface area (Å²) < 4.78 is 0. The Morgan fingerprint density at radius 3 is 1.71 bits per heavy atom. The molecule has 58 heavy (non-hydrogen) atoms. The minimum absolute atomic E-state index is 0.0603. The maximum Gasteiger partial charge on any atom is 0.0465 e. The molecule has 0 heterocycles. The summed E-state index contributed by atoms with van der Waals surface area (Å²) in [4.78, 5) is 2.66. The minimum atomic E-state index is -0.0742. The van der Waals surface area contributed by atoms with Gasteiger partial charge in [-0.05, 0) is 153 Å². The molecule has 0 aromatic heterocycles. The number of anilines is 3. The van der Waals surface area contributed by atoms with Crippen LogP contribution in [-0.2, 0) is 16.2 Å². The second-order valence-corrected chi connectivity index (χ2v) is 19.7. The lowest BCUT2D eigenvalue weighted by atomic mass is 9.57. The molecule has 3 saturated carbocycles. The second-order valence-electron chi connectivity index (χ2n) is 19.7. The van der Waals surface area contributed by atoms with E-state index in [-0.39, 0.29) is 16.2 Å². The fourth-order valence-corrected chi connectivity index (χ4v) is 14.4. The average Bonchev–Trinajstić information content (AvgIpc) is 3.77. The van der Waals surface area contributed by atoms with Crippen molar-refractivity contribution >= 4 is 17.1 Å². The first-order valence-electron chi connectivity index (χ1n) is 23.0. The lowest BCUT2D eigenvalue weighted by Gasteiger charge is -2.46. The molecule has 0 saturated heterocycles. The Kier molecular flexibility index (Phi) is 7.75. The van der Waals surface area contributed by atoms with Gasteiger partial charge in [-0.3, -0.25) is 0 Å². The largest absolute Gasteiger partial charge is 0.310 e. The summed E-state index contributed by atoms with van der Waals surface area (Å²) in [5.41, 5.74) is 21.8. The molecule has 12 rings (SSSR count). The van der Waals surface area contributed by atoms with Crippen molar-refractivity contribution < 1.29 is 0 Å². The fraction of sp³-hybridized carbons (Fsp3) is 0.368. The molecule has 2 spiro atoms. The van der Waals surface area contributed by atoms with Crippen molar-refractivity contribution in [3.8, 4) is 33.4 Å². The zero-order valence-electron chi connectivity index (χ0n) is 34.8. The first-order valence-corrected chi connectivity index (χ1v) is 23.0. The van der Waals surface area contributed by atoms with E-state index in [1.54, 1.807) is 22.3 Å². The molecule has 2 bridgehead atoms. The highest BCUT2D eigenvalue weighted by molar-refractivity contribution is 5.90. The molecule has 0 aliphatic heterocycles. The molecule has 6 aliphatic carbocycles. The van der Waals surface area contributed by atoms with Gasteiger partial charge in [0.25, 0.3) is 0 Å². The quantitative estimate of drug-likeness (QED) is 0.173. The summed E-state index contributed by atoms with van der Waals surface area (Å²) in [6.07, 6.45) is 15.9. The molecule has 6 aromatic carbocycles. The van der Waals surface area contributed by atoms with E-state index in [0.29, 0.717) is 11.8 Å². The van der Waals surface area contributed by atoms with Crippen LogP contribution in [0.1, 0.15) is 131 Å². The Labute approximate surface area is 346 Å². The van der Waals surface area contributed by atoms with E-state index in [1.807, 2.05) is 0 Å². The Hall–Kier alpha value is -4.88. The molecule has 4 unspecified atom stereocenters. The molecule has 4 atom stereocenters. The third-order valence-corrected chi connectivity index (χ3v) is 16.9. The predicted molar refractivity (Wildman–Crippen MR) is 243 cm³/mol. The van der Waals surface area contributed by atoms with Crippen LogP contribution >= 0.6 is 0 Å². The number of hydrogen-bond acceptors (Lipinski definition) is 1. The molecule has 0 amide bonds. The van der Waals surface area contributed by atoms with Crippen molar-refractivity contribution in [2.45, 2.75) is 114 Å². The molecule has 0 radical (unpaired) electrons. The lowest BCUT2D eigenvalue weighted by molar-refractivity contribution is 0.171. The van der Waals surface area contributed by atoms with Gasteiger partial charge in [-0.2, -0.15) is 0 Å². The third kappa shape index (κ3) is 4.65. The SMILES string of the molecule is CCC1CCC2CCCC(C2)C12c1ccccc1-c1ccc(N(c3ccc4c(c3)C(C)(C)c3ccccc3-4)c3ccc4c(c3)C3(CCCCC3)c3ccccc3-4)cc12. The number of benzene rings is 6. The number of hydrogen-bond donors (Lipinski definition) is 0. The van der Waals surface area contributed by atoms with Gasteiger partial charge in [0, 0.05) is 33.3 Å². The Bertz CT molecular complexity index is 2620. The van der Waals surface area contributed by atoms with E-state index >= 15 is 0 Å². The van der Waals surface area contributed by atoms with E-state index in [9.17, 15) is 0 Å². The molecular formula is C57H57N. The van der Waals surface area contributed by atoms with Crippen molar-refractivity contribution in [1.29, 1.82) is 0 Å². The average molecular weight is 756 g/mol. The number of nitrogens with zero attached hydrogens (tertiary/aromatic N) is 1. The fourth-order valence-electron chi connectivity index (χ4n) is 14.4. The van der Waals surface area contributed by atoms with Gasteiger partial charge in [0.2, 0.25) is 0 Å². The van der Waals surface area contributed by atoms with E-state index < -0.39 is 0 Å². The molecule has 1 nitrogen and oxygen atoms in total. The minimum Gasteiger partial charge on any atom is -0.310 e. The van der Waals surface area contributed by atoms with Crippen LogP contribution in [0, 0.1) is 17.8 Å². The summed E-state index contributed by atoms with van der Waals surface area (Å²) in [5, 5.41) is 0. The normalized spacial score (nSPS) is 25.0. The first-order chi connectivity index (χ1) is 28.4. The summed E-state index contributed by atoms with van der Waals surface area (Å²) in [5.74, 6) is 2.22. The van der Waals surface area contributed by atoms with E-state index in [2.05, 4.69) is 153 Å². The third-order valence-electron chi connectivity index (χ3n) is 16.9. The summed E-state index contributed by atoms with van der Waals surface area (Å²) in [7, 11) is 0. The maximum absolute atomic E-state index is 2.71. The predicted octanol–water partition coefficient (Wildman–Crippen LogP) is 15.6. The van der Waals surface area contributed by atoms with E-state index in [4.69, 9.17) is 0 Å². The van der Waals surface area contributed by atoms with Crippen molar-refractivity contribution in [2.24, 2.45) is 17.8 Å². The van der Waals surface area contributed by atoms with Crippen LogP contribution in [0.4, 0.5) is 17.1 Å². The zero-order valence-corrected chi connectivity index (χ0v) is 34.8. The van der Waals surface area contributed by atoms with Gasteiger partial charge < -0.3 is 4.90 Å². The molecule has 290 valence electrons. The van der Waals surface area contributed by atoms with Crippen molar-refractivity contribution in [3.05, 3.63) is 161 Å². The van der Waals surface area contributed by atoms with Crippen LogP contribution < -0.4 is 4.90 Å². The topological polar surface area (TPSA) is 3.24 Å². The van der Waals surface area contributed by atoms with Crippen LogP contribution in [0.3, 0.4) is 0 Å². The summed E-state index contributed by atoms with van der Waals surface area (Å²) in [6, 6.07) is 50.8. The van der Waals surface area contributed by atoms with Crippen molar-refractivity contribution in [1.82, 2.24) is 0 Å². The maximum atomic E-state index is 2.71. The summed E-state index contributed by atoms with van der Waals surface area (Å²) in [6.45, 7) is 7.35. The van der Waals surface area contributed by atoms with Crippen molar-refractivity contribution in [3.63, 3.8) is 0 Å². The van der Waals surface area contributed by atoms with Crippen LogP contribution in [0.15, 0.2) is 127 Å². The molecule has 6 aliphatic rings. The molecule has 0 N–H and O–H groups in total. The highest BCUT2D eigenvalue weighted by Gasteiger charge is 2.55. The van der Waals surface area contributed by atoms with Crippen LogP contribution in [-0.4, -0.2) is 0 Å². The molecule has 1 heteroatoms. The van der Waals surface area contributed by atoms with E-state index in [1.165, 1.54) is 139 Å². The van der Waals surface area contributed by atoms with Crippen molar-refractivity contribution in [2.75, 3.05) is 4.90 Å². The number of rotatable bonds is 4. The van der Waals surface area contributed by atoms with Gasteiger partial charge >= 0.3 is 0 Å². The van der Waals surface area contributed by atoms with Gasteiger partial charge in [-0.1, -0.05) is 157 Å². The zero-order chi connectivity index (χ0) is 38.8. The number of fused-ring (bicyclic) bond motifs is 16. The van der Waals surface area contributed by atoms with Gasteiger partial charge in [0.1, 0.15) is 0 Å². The lowest BCUT2D eigenvalue weighted by Crippen LogP contribution is -2.42. The highest BCUT2D eigenvalue weighted by Crippen LogP contribution is 2.64. The van der Waals surface area contributed by atoms with Gasteiger partial charge in [0.15, 0.2) is 0 Å². The molecular weight excluding hydrogens is 699 g/mol. The van der Waals surface area contributed by atoms with Gasteiger partial charge in [-0.25, -0.2) is 0 Å². The smallest absolute Gasteiger partial charge is 0.0465 e. The van der Waals surface area contributed by atoms with Crippen LogP contribution in [0.25, 0.3) is 33.4 Å². The highest BCUT2D eigenvalue weighted by atomic mass is 15.1. The standard InChI is InChI=1S/C57H57N/c1-4-38-24-23-37-15-14-16-39(33-37)57(38)51-22-11-8-19-45(51)48-30-27-42(36-54(48)57)58(40-25-28-46-43-17-6-9-20-49(43)55(2,3)52(46)34-40)41-26-29-47-44-18-7-10-21-50(44)56(53(47)35-41)31-12-5-13-32-56/h6-11,17-22,25-30,34-39H,4-5,12-16,23-24,31-33H2,1-3H3. The van der Waals surface area contributed by atoms with Crippen LogP contribution in [0.2, 0.25) is 0 Å². The first kappa shape index (κ1) is 35.1. The Balaban J connectivity index is 1.09.